The molecule has 0 aliphatic carbocycles. The van der Waals surface area contributed by atoms with E-state index in [-0.39, 0.29) is 0 Å². The minimum Gasteiger partial charge on any atom is -0.493 e. The summed E-state index contributed by atoms with van der Waals surface area (Å²) in [5.74, 6) is 1.60. The molecule has 3 rings (SSSR count). The lowest BCUT2D eigenvalue weighted by molar-refractivity contribution is 0.283. The Hall–Kier alpha value is -3.28. The lowest BCUT2D eigenvalue weighted by Gasteiger charge is -2.03. The van der Waals surface area contributed by atoms with Crippen molar-refractivity contribution in [1.29, 1.82) is 10.5 Å². The number of benzene rings is 2. The molecule has 2 aromatic rings. The van der Waals surface area contributed by atoms with Crippen molar-refractivity contribution < 1.29 is 14.2 Å². The first-order valence-corrected chi connectivity index (χ1v) is 8.73. The molecule has 0 saturated carbocycles. The van der Waals surface area contributed by atoms with Crippen molar-refractivity contribution in [2.75, 3.05) is 19.8 Å². The Morgan fingerprint density at radius 3 is 1.81 bits per heavy atom. The van der Waals surface area contributed by atoms with Crippen LogP contribution in [0.2, 0.25) is 0 Å². The lowest BCUT2D eigenvalue weighted by atomic mass is 10.2. The van der Waals surface area contributed by atoms with Crippen LogP contribution in [-0.4, -0.2) is 25.9 Å². The van der Waals surface area contributed by atoms with Gasteiger partial charge in [-0.15, -0.1) is 6.58 Å². The summed E-state index contributed by atoms with van der Waals surface area (Å²) in [6.45, 7) is 5.78. The molecule has 2 aromatic carbocycles. The van der Waals surface area contributed by atoms with Gasteiger partial charge in [0.2, 0.25) is 0 Å². The van der Waals surface area contributed by atoms with E-state index in [9.17, 15) is 0 Å². The van der Waals surface area contributed by atoms with E-state index in [1.807, 2.05) is 24.3 Å². The van der Waals surface area contributed by atoms with E-state index in [4.69, 9.17) is 24.7 Å². The summed E-state index contributed by atoms with van der Waals surface area (Å²) in [5.41, 5.74) is 1.30. The highest BCUT2D eigenvalue weighted by molar-refractivity contribution is 5.35. The van der Waals surface area contributed by atoms with Crippen LogP contribution in [0.15, 0.2) is 61.2 Å². The second-order valence-electron chi connectivity index (χ2n) is 5.79. The fraction of sp³-hybridized carbons (Fsp3) is 0.273. The van der Waals surface area contributed by atoms with Crippen LogP contribution in [0.5, 0.6) is 11.5 Å². The van der Waals surface area contributed by atoms with Crippen molar-refractivity contribution in [3.05, 3.63) is 72.3 Å². The molecule has 1 saturated heterocycles. The van der Waals surface area contributed by atoms with Gasteiger partial charge in [0.1, 0.15) is 11.5 Å². The SMILES string of the molecule is C=CCCOc1ccc(C#N)cc1.N#Cc1ccc(OCCC2CO2)cc1. The number of hydrogen-bond donors (Lipinski definition) is 0. The van der Waals surface area contributed by atoms with Crippen molar-refractivity contribution in [2.45, 2.75) is 18.9 Å². The zero-order valence-electron chi connectivity index (χ0n) is 15.1. The highest BCUT2D eigenvalue weighted by atomic mass is 16.6. The van der Waals surface area contributed by atoms with Gasteiger partial charge in [0, 0.05) is 6.42 Å². The molecule has 1 aliphatic heterocycles. The van der Waals surface area contributed by atoms with E-state index in [1.54, 1.807) is 36.4 Å². The topological polar surface area (TPSA) is 78.6 Å². The Morgan fingerprint density at radius 2 is 1.41 bits per heavy atom. The first kappa shape index (κ1) is 20.0. The van der Waals surface area contributed by atoms with E-state index < -0.39 is 0 Å². The summed E-state index contributed by atoms with van der Waals surface area (Å²) in [5, 5.41) is 17.1. The van der Waals surface area contributed by atoms with Gasteiger partial charge < -0.3 is 14.2 Å². The summed E-state index contributed by atoms with van der Waals surface area (Å²) in [6.07, 6.45) is 4.00. The molecular weight excluding hydrogens is 340 g/mol. The maximum atomic E-state index is 8.58. The highest BCUT2D eigenvalue weighted by Crippen LogP contribution is 2.16. The second-order valence-corrected chi connectivity index (χ2v) is 5.79. The second kappa shape index (κ2) is 11.4. The summed E-state index contributed by atoms with van der Waals surface area (Å²) >= 11 is 0. The van der Waals surface area contributed by atoms with Gasteiger partial charge in [0.25, 0.3) is 0 Å². The third kappa shape index (κ3) is 8.09. The maximum Gasteiger partial charge on any atom is 0.119 e. The molecular formula is C22H22N2O3. The number of rotatable bonds is 8. The van der Waals surface area contributed by atoms with Gasteiger partial charge in [-0.05, 0) is 55.0 Å². The van der Waals surface area contributed by atoms with E-state index in [0.717, 1.165) is 30.9 Å². The zero-order chi connectivity index (χ0) is 19.3. The first-order valence-electron chi connectivity index (χ1n) is 8.73. The van der Waals surface area contributed by atoms with E-state index >= 15 is 0 Å². The molecule has 138 valence electrons. The molecule has 0 aromatic heterocycles. The molecule has 0 spiro atoms. The molecule has 5 nitrogen and oxygen atoms in total. The predicted octanol–water partition coefficient (Wildman–Crippen LogP) is 4.24. The molecule has 5 heteroatoms. The summed E-state index contributed by atoms with van der Waals surface area (Å²) in [7, 11) is 0. The normalized spacial score (nSPS) is 13.9. The fourth-order valence-corrected chi connectivity index (χ4v) is 2.05. The van der Waals surface area contributed by atoms with Gasteiger partial charge >= 0.3 is 0 Å². The van der Waals surface area contributed by atoms with Crippen molar-refractivity contribution in [2.24, 2.45) is 0 Å². The molecule has 1 fully saturated rings. The van der Waals surface area contributed by atoms with Gasteiger partial charge in [0.15, 0.2) is 0 Å². The average Bonchev–Trinajstić information content (AvgIpc) is 3.54. The molecule has 0 radical (unpaired) electrons. The minimum absolute atomic E-state index is 0.411. The van der Waals surface area contributed by atoms with Gasteiger partial charge in [-0.2, -0.15) is 10.5 Å². The van der Waals surface area contributed by atoms with Crippen LogP contribution in [0.4, 0.5) is 0 Å². The first-order chi connectivity index (χ1) is 13.2. The molecule has 0 bridgehead atoms. The van der Waals surface area contributed by atoms with Crippen LogP contribution >= 0.6 is 0 Å². The van der Waals surface area contributed by atoms with Crippen LogP contribution in [0.25, 0.3) is 0 Å². The van der Waals surface area contributed by atoms with Crippen molar-refractivity contribution in [3.63, 3.8) is 0 Å². The predicted molar refractivity (Wildman–Crippen MR) is 102 cm³/mol. The molecule has 0 amide bonds. The van der Waals surface area contributed by atoms with Crippen LogP contribution in [0.1, 0.15) is 24.0 Å². The van der Waals surface area contributed by atoms with Crippen LogP contribution in [0.3, 0.4) is 0 Å². The van der Waals surface area contributed by atoms with Crippen LogP contribution in [-0.2, 0) is 4.74 Å². The molecule has 1 aliphatic rings. The maximum absolute atomic E-state index is 8.58. The third-order valence-corrected chi connectivity index (χ3v) is 3.67. The third-order valence-electron chi connectivity index (χ3n) is 3.67. The Bertz CT molecular complexity index is 782. The van der Waals surface area contributed by atoms with Gasteiger partial charge in [0.05, 0.1) is 49.2 Å². The lowest BCUT2D eigenvalue weighted by Crippen LogP contribution is -2.00. The Labute approximate surface area is 160 Å². The Kier molecular flexibility index (Phi) is 8.43. The van der Waals surface area contributed by atoms with E-state index in [1.165, 1.54) is 0 Å². The summed E-state index contributed by atoms with van der Waals surface area (Å²) < 4.78 is 15.9. The number of ether oxygens (including phenoxy) is 3. The summed E-state index contributed by atoms with van der Waals surface area (Å²) in [4.78, 5) is 0. The zero-order valence-corrected chi connectivity index (χ0v) is 15.1. The highest BCUT2D eigenvalue weighted by Gasteiger charge is 2.21. The molecule has 27 heavy (non-hydrogen) atoms. The monoisotopic (exact) mass is 362 g/mol. The van der Waals surface area contributed by atoms with Crippen molar-refractivity contribution >= 4 is 0 Å². The van der Waals surface area contributed by atoms with Gasteiger partial charge in [-0.3, -0.25) is 0 Å². The average molecular weight is 362 g/mol. The molecule has 1 atom stereocenters. The fourth-order valence-electron chi connectivity index (χ4n) is 2.05. The van der Waals surface area contributed by atoms with E-state index in [2.05, 4.69) is 12.6 Å². The largest absolute Gasteiger partial charge is 0.493 e. The number of nitriles is 2. The smallest absolute Gasteiger partial charge is 0.119 e. The van der Waals surface area contributed by atoms with E-state index in [0.29, 0.717) is 30.4 Å². The summed E-state index contributed by atoms with van der Waals surface area (Å²) in [6, 6.07) is 18.3. The Morgan fingerprint density at radius 1 is 0.926 bits per heavy atom. The van der Waals surface area contributed by atoms with Crippen LogP contribution < -0.4 is 9.47 Å². The number of nitrogens with zero attached hydrogens (tertiary/aromatic N) is 2. The standard InChI is InChI=1S/C11H11NO2.C11H11NO/c12-7-9-1-3-10(4-2-9)13-6-5-11-8-14-11;1-2-3-8-13-11-6-4-10(9-12)5-7-11/h1-4,11H,5-6,8H2;2,4-7H,1,3,8H2. The van der Waals surface area contributed by atoms with Crippen molar-refractivity contribution in [1.82, 2.24) is 0 Å². The number of epoxide rings is 1. The molecule has 1 heterocycles. The van der Waals surface area contributed by atoms with Gasteiger partial charge in [-0.25, -0.2) is 0 Å². The minimum atomic E-state index is 0.411. The van der Waals surface area contributed by atoms with Crippen molar-refractivity contribution in [3.8, 4) is 23.6 Å². The Balaban J connectivity index is 0.000000194. The number of hydrogen-bond acceptors (Lipinski definition) is 5. The molecule has 1 unspecified atom stereocenters. The quantitative estimate of drug-likeness (QED) is 0.399. The molecule has 0 N–H and O–H groups in total. The van der Waals surface area contributed by atoms with Crippen LogP contribution in [0, 0.1) is 22.7 Å². The van der Waals surface area contributed by atoms with Gasteiger partial charge in [-0.1, -0.05) is 6.08 Å².